The molecule has 4 nitrogen and oxygen atoms in total. The molecule has 0 bridgehead atoms. The van der Waals surface area contributed by atoms with Crippen LogP contribution >= 0.6 is 0 Å². The van der Waals surface area contributed by atoms with Gasteiger partial charge in [0.2, 0.25) is 5.95 Å². The SMILES string of the molecule is CNc1ncc(C)c(N2CCCC3CCCCC32)n1. The molecule has 19 heavy (non-hydrogen) atoms. The number of piperidine rings is 1. The predicted molar refractivity (Wildman–Crippen MR) is 78.6 cm³/mol. The fraction of sp³-hybridized carbons (Fsp3) is 0.733. The van der Waals surface area contributed by atoms with Crippen LogP contribution in [-0.2, 0) is 0 Å². The molecule has 1 aromatic rings. The summed E-state index contributed by atoms with van der Waals surface area (Å²) in [5, 5.41) is 3.06. The highest BCUT2D eigenvalue weighted by molar-refractivity contribution is 5.50. The molecule has 1 saturated carbocycles. The summed E-state index contributed by atoms with van der Waals surface area (Å²) in [6.45, 7) is 3.28. The normalized spacial score (nSPS) is 26.9. The van der Waals surface area contributed by atoms with Crippen LogP contribution in [0.25, 0.3) is 0 Å². The van der Waals surface area contributed by atoms with Crippen LogP contribution in [0.4, 0.5) is 11.8 Å². The van der Waals surface area contributed by atoms with Gasteiger partial charge in [-0.25, -0.2) is 4.98 Å². The zero-order valence-electron chi connectivity index (χ0n) is 12.0. The van der Waals surface area contributed by atoms with E-state index in [4.69, 9.17) is 4.98 Å². The van der Waals surface area contributed by atoms with Crippen LogP contribution in [0, 0.1) is 12.8 Å². The zero-order valence-corrected chi connectivity index (χ0v) is 12.0. The standard InChI is InChI=1S/C15H24N4/c1-11-10-17-15(16-2)18-14(11)19-9-5-7-12-6-3-4-8-13(12)19/h10,12-13H,3-9H2,1-2H3,(H,16,17,18). The number of rotatable bonds is 2. The van der Waals surface area contributed by atoms with Gasteiger partial charge in [-0.3, -0.25) is 0 Å². The zero-order chi connectivity index (χ0) is 13.2. The molecular weight excluding hydrogens is 236 g/mol. The van der Waals surface area contributed by atoms with Crippen LogP contribution in [0.15, 0.2) is 6.20 Å². The van der Waals surface area contributed by atoms with Gasteiger partial charge in [-0.05, 0) is 38.5 Å². The Morgan fingerprint density at radius 3 is 2.84 bits per heavy atom. The molecule has 1 aliphatic carbocycles. The van der Waals surface area contributed by atoms with Gasteiger partial charge in [-0.1, -0.05) is 12.8 Å². The molecule has 4 heteroatoms. The van der Waals surface area contributed by atoms with Gasteiger partial charge in [0.25, 0.3) is 0 Å². The Kier molecular flexibility index (Phi) is 3.58. The third-order valence-electron chi connectivity index (χ3n) is 4.68. The first-order chi connectivity index (χ1) is 9.29. The van der Waals surface area contributed by atoms with E-state index in [9.17, 15) is 0 Å². The van der Waals surface area contributed by atoms with E-state index in [0.717, 1.165) is 24.2 Å². The Balaban J connectivity index is 1.91. The van der Waals surface area contributed by atoms with Crippen molar-refractivity contribution < 1.29 is 0 Å². The Morgan fingerprint density at radius 1 is 1.21 bits per heavy atom. The fourth-order valence-electron chi connectivity index (χ4n) is 3.73. The van der Waals surface area contributed by atoms with E-state index < -0.39 is 0 Å². The first-order valence-electron chi connectivity index (χ1n) is 7.57. The maximum absolute atomic E-state index is 4.71. The van der Waals surface area contributed by atoms with E-state index in [1.807, 2.05) is 13.2 Å². The van der Waals surface area contributed by atoms with Crippen LogP contribution in [0.5, 0.6) is 0 Å². The van der Waals surface area contributed by atoms with Crippen LogP contribution in [0.2, 0.25) is 0 Å². The second-order valence-electron chi connectivity index (χ2n) is 5.90. The van der Waals surface area contributed by atoms with Crippen molar-refractivity contribution in [3.63, 3.8) is 0 Å². The summed E-state index contributed by atoms with van der Waals surface area (Å²) >= 11 is 0. The van der Waals surface area contributed by atoms with Crippen molar-refractivity contribution in [3.8, 4) is 0 Å². The van der Waals surface area contributed by atoms with Gasteiger partial charge in [-0.2, -0.15) is 4.98 Å². The number of anilines is 2. The average Bonchev–Trinajstić information content (AvgIpc) is 2.47. The van der Waals surface area contributed by atoms with Gasteiger partial charge in [0, 0.05) is 31.4 Å². The molecule has 2 unspecified atom stereocenters. The Hall–Kier alpha value is -1.32. The van der Waals surface area contributed by atoms with Crippen molar-refractivity contribution in [1.29, 1.82) is 0 Å². The maximum Gasteiger partial charge on any atom is 0.224 e. The van der Waals surface area contributed by atoms with Crippen LogP contribution in [-0.4, -0.2) is 29.6 Å². The summed E-state index contributed by atoms with van der Waals surface area (Å²) < 4.78 is 0. The summed E-state index contributed by atoms with van der Waals surface area (Å²) in [6.07, 6.45) is 10.2. The molecule has 0 radical (unpaired) electrons. The lowest BCUT2D eigenvalue weighted by molar-refractivity contribution is 0.242. The molecule has 1 aliphatic heterocycles. The van der Waals surface area contributed by atoms with E-state index in [0.29, 0.717) is 6.04 Å². The Labute approximate surface area is 115 Å². The first-order valence-corrected chi connectivity index (χ1v) is 7.57. The number of aryl methyl sites for hydroxylation is 1. The summed E-state index contributed by atoms with van der Waals surface area (Å²) in [4.78, 5) is 11.6. The van der Waals surface area contributed by atoms with Gasteiger partial charge in [0.1, 0.15) is 5.82 Å². The number of nitrogens with zero attached hydrogens (tertiary/aromatic N) is 3. The van der Waals surface area contributed by atoms with Crippen LogP contribution < -0.4 is 10.2 Å². The Morgan fingerprint density at radius 2 is 2.00 bits per heavy atom. The lowest BCUT2D eigenvalue weighted by atomic mass is 9.78. The van der Waals surface area contributed by atoms with E-state index in [1.165, 1.54) is 44.1 Å². The van der Waals surface area contributed by atoms with Crippen molar-refractivity contribution in [1.82, 2.24) is 9.97 Å². The summed E-state index contributed by atoms with van der Waals surface area (Å²) in [6, 6.07) is 0.709. The molecule has 2 aliphatic rings. The topological polar surface area (TPSA) is 41.1 Å². The molecule has 0 spiro atoms. The molecule has 1 N–H and O–H groups in total. The highest BCUT2D eigenvalue weighted by atomic mass is 15.3. The smallest absolute Gasteiger partial charge is 0.224 e. The summed E-state index contributed by atoms with van der Waals surface area (Å²) in [5.41, 5.74) is 1.20. The van der Waals surface area contributed by atoms with Crippen molar-refractivity contribution in [3.05, 3.63) is 11.8 Å². The van der Waals surface area contributed by atoms with E-state index in [-0.39, 0.29) is 0 Å². The van der Waals surface area contributed by atoms with Crippen molar-refractivity contribution in [2.45, 2.75) is 51.5 Å². The van der Waals surface area contributed by atoms with Gasteiger partial charge in [0.15, 0.2) is 0 Å². The number of nitrogens with one attached hydrogen (secondary N) is 1. The molecular formula is C15H24N4. The lowest BCUT2D eigenvalue weighted by Crippen LogP contribution is -2.47. The molecule has 1 aromatic heterocycles. The average molecular weight is 260 g/mol. The first kappa shape index (κ1) is 12.7. The fourth-order valence-corrected chi connectivity index (χ4v) is 3.73. The minimum Gasteiger partial charge on any atom is -0.357 e. The minimum absolute atomic E-state index is 0.709. The van der Waals surface area contributed by atoms with Gasteiger partial charge >= 0.3 is 0 Å². The van der Waals surface area contributed by atoms with E-state index >= 15 is 0 Å². The molecule has 2 heterocycles. The largest absolute Gasteiger partial charge is 0.357 e. The van der Waals surface area contributed by atoms with Crippen molar-refractivity contribution in [2.24, 2.45) is 5.92 Å². The quantitative estimate of drug-likeness (QED) is 0.887. The van der Waals surface area contributed by atoms with E-state index in [2.05, 4.69) is 22.1 Å². The molecule has 2 fully saturated rings. The number of hydrogen-bond acceptors (Lipinski definition) is 4. The third-order valence-corrected chi connectivity index (χ3v) is 4.68. The second-order valence-corrected chi connectivity index (χ2v) is 5.90. The lowest BCUT2D eigenvalue weighted by Gasteiger charge is -2.45. The predicted octanol–water partition coefficient (Wildman–Crippen LogP) is 2.99. The summed E-state index contributed by atoms with van der Waals surface area (Å²) in [7, 11) is 1.88. The molecule has 2 atom stereocenters. The van der Waals surface area contributed by atoms with Gasteiger partial charge < -0.3 is 10.2 Å². The van der Waals surface area contributed by atoms with E-state index in [1.54, 1.807) is 0 Å². The summed E-state index contributed by atoms with van der Waals surface area (Å²) in [5.74, 6) is 2.77. The van der Waals surface area contributed by atoms with Crippen molar-refractivity contribution in [2.75, 3.05) is 23.8 Å². The van der Waals surface area contributed by atoms with Crippen LogP contribution in [0.3, 0.4) is 0 Å². The highest BCUT2D eigenvalue weighted by Crippen LogP contribution is 2.38. The molecule has 104 valence electrons. The molecule has 0 aromatic carbocycles. The van der Waals surface area contributed by atoms with Crippen LogP contribution in [0.1, 0.15) is 44.1 Å². The molecule has 3 rings (SSSR count). The van der Waals surface area contributed by atoms with Gasteiger partial charge in [0.05, 0.1) is 0 Å². The van der Waals surface area contributed by atoms with Gasteiger partial charge in [-0.15, -0.1) is 0 Å². The minimum atomic E-state index is 0.709. The maximum atomic E-state index is 4.71. The number of fused-ring (bicyclic) bond motifs is 1. The molecule has 1 saturated heterocycles. The Bertz CT molecular complexity index is 444. The second kappa shape index (κ2) is 5.35. The highest BCUT2D eigenvalue weighted by Gasteiger charge is 2.34. The number of aromatic nitrogens is 2. The van der Waals surface area contributed by atoms with Crippen molar-refractivity contribution >= 4 is 11.8 Å². The molecule has 0 amide bonds. The monoisotopic (exact) mass is 260 g/mol. The third kappa shape index (κ3) is 2.40. The number of hydrogen-bond donors (Lipinski definition) is 1.